The number of nitrogens with zero attached hydrogens (tertiary/aromatic N) is 2. The van der Waals surface area contributed by atoms with Crippen LogP contribution in [0.25, 0.3) is 0 Å². The third-order valence-electron chi connectivity index (χ3n) is 3.93. The van der Waals surface area contributed by atoms with Crippen molar-refractivity contribution >= 4 is 24.0 Å². The van der Waals surface area contributed by atoms with E-state index in [2.05, 4.69) is 5.10 Å². The number of carbonyl (C=O) groups is 3. The van der Waals surface area contributed by atoms with Crippen LogP contribution in [0.2, 0.25) is 0 Å². The molecule has 0 aromatic heterocycles. The summed E-state index contributed by atoms with van der Waals surface area (Å²) >= 11 is 0. The Hall–Kier alpha value is -3.68. The SMILES string of the molecule is COc1cc(/C=N\N2C(=O)c3ccccc3C2=O)ccc1O[C@@H](C)C(=O)O. The Kier molecular flexibility index (Phi) is 4.89. The average molecular weight is 368 g/mol. The maximum atomic E-state index is 12.3. The highest BCUT2D eigenvalue weighted by atomic mass is 16.5. The molecule has 0 unspecified atom stereocenters. The summed E-state index contributed by atoms with van der Waals surface area (Å²) in [7, 11) is 1.42. The highest BCUT2D eigenvalue weighted by Gasteiger charge is 2.35. The molecule has 1 aliphatic rings. The van der Waals surface area contributed by atoms with E-state index in [0.717, 1.165) is 5.01 Å². The van der Waals surface area contributed by atoms with Crippen molar-refractivity contribution in [3.8, 4) is 11.5 Å². The molecule has 0 fully saturated rings. The molecule has 0 spiro atoms. The van der Waals surface area contributed by atoms with Crippen LogP contribution in [0.1, 0.15) is 33.2 Å². The molecule has 138 valence electrons. The highest BCUT2D eigenvalue weighted by Crippen LogP contribution is 2.29. The molecule has 1 N–H and O–H groups in total. The Balaban J connectivity index is 1.81. The number of carboxylic acid groups (broad SMARTS) is 1. The summed E-state index contributed by atoms with van der Waals surface area (Å²) in [6, 6.07) is 11.2. The first-order valence-corrected chi connectivity index (χ1v) is 8.01. The lowest BCUT2D eigenvalue weighted by Gasteiger charge is -2.14. The number of benzene rings is 2. The minimum absolute atomic E-state index is 0.255. The van der Waals surface area contributed by atoms with Gasteiger partial charge in [0, 0.05) is 0 Å². The van der Waals surface area contributed by atoms with Gasteiger partial charge in [-0.2, -0.15) is 10.1 Å². The number of carbonyl (C=O) groups excluding carboxylic acids is 2. The Morgan fingerprint density at radius 2 is 1.74 bits per heavy atom. The van der Waals surface area contributed by atoms with Crippen molar-refractivity contribution in [1.82, 2.24) is 5.01 Å². The molecule has 0 bridgehead atoms. The normalized spacial score (nSPS) is 14.4. The number of hydrogen-bond acceptors (Lipinski definition) is 6. The molecule has 0 saturated heterocycles. The molecule has 8 heteroatoms. The molecule has 8 nitrogen and oxygen atoms in total. The van der Waals surface area contributed by atoms with Gasteiger partial charge >= 0.3 is 5.97 Å². The summed E-state index contributed by atoms with van der Waals surface area (Å²) in [5.41, 5.74) is 1.16. The molecule has 27 heavy (non-hydrogen) atoms. The number of aliphatic carboxylic acids is 1. The first kappa shape index (κ1) is 18.1. The maximum Gasteiger partial charge on any atom is 0.344 e. The van der Waals surface area contributed by atoms with E-state index in [1.54, 1.807) is 36.4 Å². The number of rotatable bonds is 6. The molecule has 3 rings (SSSR count). The molecule has 1 heterocycles. The van der Waals surface area contributed by atoms with E-state index in [4.69, 9.17) is 14.6 Å². The molecule has 0 aliphatic carbocycles. The topological polar surface area (TPSA) is 106 Å². The molecule has 2 aromatic carbocycles. The van der Waals surface area contributed by atoms with Gasteiger partial charge in [-0.25, -0.2) is 4.79 Å². The van der Waals surface area contributed by atoms with Crippen LogP contribution in [0, 0.1) is 0 Å². The van der Waals surface area contributed by atoms with Crippen molar-refractivity contribution in [3.63, 3.8) is 0 Å². The van der Waals surface area contributed by atoms with Gasteiger partial charge in [0.1, 0.15) is 0 Å². The minimum atomic E-state index is -1.10. The maximum absolute atomic E-state index is 12.3. The van der Waals surface area contributed by atoms with Gasteiger partial charge in [-0.05, 0) is 42.8 Å². The Bertz CT molecular complexity index is 918. The zero-order valence-corrected chi connectivity index (χ0v) is 14.6. The van der Waals surface area contributed by atoms with Gasteiger partial charge in [0.25, 0.3) is 11.8 Å². The van der Waals surface area contributed by atoms with Crippen LogP contribution < -0.4 is 9.47 Å². The molecule has 1 aliphatic heterocycles. The third kappa shape index (κ3) is 3.50. The predicted molar refractivity (Wildman–Crippen MR) is 95.3 cm³/mol. The fourth-order valence-corrected chi connectivity index (χ4v) is 2.51. The molecule has 1 atom stereocenters. The zero-order chi connectivity index (χ0) is 19.6. The number of carboxylic acids is 1. The van der Waals surface area contributed by atoms with E-state index in [-0.39, 0.29) is 5.75 Å². The lowest BCUT2D eigenvalue weighted by molar-refractivity contribution is -0.144. The predicted octanol–water partition coefficient (Wildman–Crippen LogP) is 2.18. The van der Waals surface area contributed by atoms with Crippen molar-refractivity contribution in [2.45, 2.75) is 13.0 Å². The number of hydrazone groups is 1. The van der Waals surface area contributed by atoms with Crippen molar-refractivity contribution in [3.05, 3.63) is 59.2 Å². The van der Waals surface area contributed by atoms with Gasteiger partial charge in [-0.15, -0.1) is 0 Å². The van der Waals surface area contributed by atoms with Crippen LogP contribution in [0.15, 0.2) is 47.6 Å². The second-order valence-corrected chi connectivity index (χ2v) is 5.72. The highest BCUT2D eigenvalue weighted by molar-refractivity contribution is 6.21. The van der Waals surface area contributed by atoms with E-state index in [9.17, 15) is 14.4 Å². The van der Waals surface area contributed by atoms with Crippen molar-refractivity contribution in [2.75, 3.05) is 7.11 Å². The third-order valence-corrected chi connectivity index (χ3v) is 3.93. The van der Waals surface area contributed by atoms with Gasteiger partial charge in [-0.3, -0.25) is 9.59 Å². The summed E-state index contributed by atoms with van der Waals surface area (Å²) < 4.78 is 10.5. The fraction of sp³-hybridized carbons (Fsp3) is 0.158. The van der Waals surface area contributed by atoms with Crippen LogP contribution in [-0.2, 0) is 4.79 Å². The number of imide groups is 1. The summed E-state index contributed by atoms with van der Waals surface area (Å²) in [6.07, 6.45) is 0.297. The van der Waals surface area contributed by atoms with E-state index in [1.165, 1.54) is 26.3 Å². The minimum Gasteiger partial charge on any atom is -0.493 e. The standard InChI is InChI=1S/C19H16N2O6/c1-11(19(24)25)27-15-8-7-12(9-16(15)26-2)10-20-21-17(22)13-5-3-4-6-14(13)18(21)23/h3-11H,1-2H3,(H,24,25)/b20-10-/t11-/m0/s1. The molecule has 0 saturated carbocycles. The van der Waals surface area contributed by atoms with Gasteiger partial charge < -0.3 is 14.6 Å². The largest absolute Gasteiger partial charge is 0.493 e. The first-order chi connectivity index (χ1) is 12.9. The van der Waals surface area contributed by atoms with Crippen molar-refractivity contribution in [2.24, 2.45) is 5.10 Å². The van der Waals surface area contributed by atoms with E-state index >= 15 is 0 Å². The quantitative estimate of drug-likeness (QED) is 0.619. The Morgan fingerprint density at radius 3 is 2.30 bits per heavy atom. The van der Waals surface area contributed by atoms with Gasteiger partial charge in [0.15, 0.2) is 17.6 Å². The number of ether oxygens (including phenoxy) is 2. The second kappa shape index (κ2) is 7.28. The fourth-order valence-electron chi connectivity index (χ4n) is 2.51. The molecule has 2 aromatic rings. The van der Waals surface area contributed by atoms with Crippen LogP contribution in [-0.4, -0.2) is 47.3 Å². The van der Waals surface area contributed by atoms with Crippen LogP contribution >= 0.6 is 0 Å². The van der Waals surface area contributed by atoms with E-state index in [0.29, 0.717) is 22.4 Å². The van der Waals surface area contributed by atoms with Crippen molar-refractivity contribution in [1.29, 1.82) is 0 Å². The number of methoxy groups -OCH3 is 1. The lowest BCUT2D eigenvalue weighted by Crippen LogP contribution is -2.24. The second-order valence-electron chi connectivity index (χ2n) is 5.72. The summed E-state index contributed by atoms with van der Waals surface area (Å²) in [5.74, 6) is -1.53. The summed E-state index contributed by atoms with van der Waals surface area (Å²) in [6.45, 7) is 1.40. The Morgan fingerprint density at radius 1 is 1.11 bits per heavy atom. The smallest absolute Gasteiger partial charge is 0.344 e. The van der Waals surface area contributed by atoms with Crippen molar-refractivity contribution < 1.29 is 29.0 Å². The Labute approximate surface area is 154 Å². The van der Waals surface area contributed by atoms with Gasteiger partial charge in [0.2, 0.25) is 0 Å². The average Bonchev–Trinajstić information content (AvgIpc) is 2.91. The molecular weight excluding hydrogens is 352 g/mol. The first-order valence-electron chi connectivity index (χ1n) is 8.01. The van der Waals surface area contributed by atoms with Crippen LogP contribution in [0.4, 0.5) is 0 Å². The van der Waals surface area contributed by atoms with E-state index in [1.807, 2.05) is 0 Å². The number of hydrogen-bond donors (Lipinski definition) is 1. The van der Waals surface area contributed by atoms with Gasteiger partial charge in [0.05, 0.1) is 24.5 Å². The molecular formula is C19H16N2O6. The van der Waals surface area contributed by atoms with Crippen LogP contribution in [0.5, 0.6) is 11.5 Å². The summed E-state index contributed by atoms with van der Waals surface area (Å²) in [4.78, 5) is 35.5. The number of fused-ring (bicyclic) bond motifs is 1. The van der Waals surface area contributed by atoms with Gasteiger partial charge in [-0.1, -0.05) is 12.1 Å². The number of amides is 2. The zero-order valence-electron chi connectivity index (χ0n) is 14.6. The van der Waals surface area contributed by atoms with Crippen LogP contribution in [0.3, 0.4) is 0 Å². The summed E-state index contributed by atoms with van der Waals surface area (Å²) in [5, 5.41) is 13.7. The lowest BCUT2D eigenvalue weighted by atomic mass is 10.1. The van der Waals surface area contributed by atoms with E-state index < -0.39 is 23.9 Å². The monoisotopic (exact) mass is 368 g/mol. The molecule has 2 amide bonds. The molecule has 0 radical (unpaired) electrons.